The maximum atomic E-state index is 13.3. The molecule has 0 saturated heterocycles. The number of anilines is 1. The number of hydrogen-bond acceptors (Lipinski definition) is 5. The Kier molecular flexibility index (Phi) is 5.71. The summed E-state index contributed by atoms with van der Waals surface area (Å²) in [5.41, 5.74) is 6.90. The van der Waals surface area contributed by atoms with E-state index in [1.165, 1.54) is 10.8 Å². The highest BCUT2D eigenvalue weighted by Crippen LogP contribution is 2.27. The quantitative estimate of drug-likeness (QED) is 0.543. The molecule has 1 amide bonds. The Morgan fingerprint density at radius 3 is 2.71 bits per heavy atom. The average molecular weight is 422 g/mol. The molecule has 0 aliphatic carbocycles. The van der Waals surface area contributed by atoms with E-state index < -0.39 is 6.09 Å². The Morgan fingerprint density at radius 1 is 1.32 bits per heavy atom. The SMILES string of the molecule is Cc1cc(N)ncc1-n1c(CCCNC(=O)O)nc2c(Cl)ccc(Cl)c2c1=O. The van der Waals surface area contributed by atoms with Gasteiger partial charge in [-0.1, -0.05) is 23.2 Å². The van der Waals surface area contributed by atoms with Crippen molar-refractivity contribution in [3.05, 3.63) is 56.2 Å². The van der Waals surface area contributed by atoms with Crippen molar-refractivity contribution in [1.82, 2.24) is 19.9 Å². The van der Waals surface area contributed by atoms with Crippen LogP contribution in [0.1, 0.15) is 17.8 Å². The molecule has 4 N–H and O–H groups in total. The first-order valence-corrected chi connectivity index (χ1v) is 9.14. The highest BCUT2D eigenvalue weighted by molar-refractivity contribution is 6.39. The fraction of sp³-hybridized carbons (Fsp3) is 0.222. The van der Waals surface area contributed by atoms with E-state index in [4.69, 9.17) is 34.0 Å². The van der Waals surface area contributed by atoms with E-state index in [9.17, 15) is 9.59 Å². The Hall–Kier alpha value is -2.84. The summed E-state index contributed by atoms with van der Waals surface area (Å²) in [6, 6.07) is 4.78. The van der Waals surface area contributed by atoms with Gasteiger partial charge in [0.1, 0.15) is 11.6 Å². The number of fused-ring (bicyclic) bond motifs is 1. The molecule has 2 heterocycles. The van der Waals surface area contributed by atoms with Crippen molar-refractivity contribution in [3.63, 3.8) is 0 Å². The topological polar surface area (TPSA) is 123 Å². The lowest BCUT2D eigenvalue weighted by Gasteiger charge is -2.16. The first-order chi connectivity index (χ1) is 13.3. The molecule has 3 rings (SSSR count). The molecule has 3 aromatic rings. The van der Waals surface area contributed by atoms with E-state index in [1.807, 2.05) is 0 Å². The average Bonchev–Trinajstić information content (AvgIpc) is 2.62. The van der Waals surface area contributed by atoms with Gasteiger partial charge >= 0.3 is 6.09 Å². The van der Waals surface area contributed by atoms with Crippen LogP contribution in [0, 0.1) is 6.92 Å². The Labute approximate surface area is 169 Å². The number of amides is 1. The number of hydrogen-bond donors (Lipinski definition) is 3. The lowest BCUT2D eigenvalue weighted by Crippen LogP contribution is -2.27. The molecule has 0 radical (unpaired) electrons. The van der Waals surface area contributed by atoms with Gasteiger partial charge in [-0.2, -0.15) is 0 Å². The molecule has 0 aliphatic rings. The number of nitrogens with one attached hydrogen (secondary N) is 1. The molecule has 0 bridgehead atoms. The fourth-order valence-corrected chi connectivity index (χ4v) is 3.36. The number of halogens is 2. The molecule has 0 spiro atoms. The van der Waals surface area contributed by atoms with Crippen LogP contribution in [0.3, 0.4) is 0 Å². The van der Waals surface area contributed by atoms with E-state index in [0.29, 0.717) is 40.7 Å². The Morgan fingerprint density at radius 2 is 2.04 bits per heavy atom. The second-order valence-electron chi connectivity index (χ2n) is 6.15. The summed E-state index contributed by atoms with van der Waals surface area (Å²) in [6.45, 7) is 2.02. The maximum absolute atomic E-state index is 13.3. The van der Waals surface area contributed by atoms with Gasteiger partial charge in [0.2, 0.25) is 0 Å². The molecular formula is C18H17Cl2N5O3. The molecule has 2 aromatic heterocycles. The number of pyridine rings is 1. The third-order valence-electron chi connectivity index (χ3n) is 4.19. The number of nitrogens with two attached hydrogens (primary N) is 1. The van der Waals surface area contributed by atoms with Gasteiger partial charge in [0, 0.05) is 13.0 Å². The molecule has 0 atom stereocenters. The highest BCUT2D eigenvalue weighted by atomic mass is 35.5. The molecule has 28 heavy (non-hydrogen) atoms. The number of nitrogen functional groups attached to an aromatic ring is 1. The van der Waals surface area contributed by atoms with E-state index in [1.54, 1.807) is 25.1 Å². The van der Waals surface area contributed by atoms with Gasteiger partial charge in [0.05, 0.1) is 32.8 Å². The van der Waals surface area contributed by atoms with Crippen LogP contribution in [-0.2, 0) is 6.42 Å². The van der Waals surface area contributed by atoms with E-state index in [2.05, 4.69) is 15.3 Å². The van der Waals surface area contributed by atoms with Crippen molar-refractivity contribution >= 4 is 46.0 Å². The fourth-order valence-electron chi connectivity index (χ4n) is 2.92. The number of nitrogens with zero attached hydrogens (tertiary/aromatic N) is 3. The summed E-state index contributed by atoms with van der Waals surface area (Å²) in [4.78, 5) is 32.6. The van der Waals surface area contributed by atoms with Crippen LogP contribution >= 0.6 is 23.2 Å². The first kappa shape index (κ1) is 19.9. The third-order valence-corrected chi connectivity index (χ3v) is 4.81. The number of rotatable bonds is 5. The summed E-state index contributed by atoms with van der Waals surface area (Å²) in [6.07, 6.45) is 1.15. The molecule has 0 saturated carbocycles. The lowest BCUT2D eigenvalue weighted by molar-refractivity contribution is 0.194. The molecule has 0 fully saturated rings. The van der Waals surface area contributed by atoms with Crippen molar-refractivity contribution < 1.29 is 9.90 Å². The summed E-state index contributed by atoms with van der Waals surface area (Å²) >= 11 is 12.5. The van der Waals surface area contributed by atoms with Crippen LogP contribution in [-0.4, -0.2) is 32.3 Å². The minimum absolute atomic E-state index is 0.206. The van der Waals surface area contributed by atoms with Gasteiger partial charge < -0.3 is 16.2 Å². The van der Waals surface area contributed by atoms with E-state index in [-0.39, 0.29) is 22.5 Å². The van der Waals surface area contributed by atoms with Gasteiger partial charge in [-0.05, 0) is 37.1 Å². The number of aromatic nitrogens is 3. The zero-order valence-corrected chi connectivity index (χ0v) is 16.4. The molecule has 8 nitrogen and oxygen atoms in total. The van der Waals surface area contributed by atoms with Crippen molar-refractivity contribution in [3.8, 4) is 5.69 Å². The zero-order chi connectivity index (χ0) is 20.4. The summed E-state index contributed by atoms with van der Waals surface area (Å²) in [5, 5.41) is 11.8. The van der Waals surface area contributed by atoms with Crippen LogP contribution in [0.2, 0.25) is 10.0 Å². The zero-order valence-electron chi connectivity index (χ0n) is 14.9. The van der Waals surface area contributed by atoms with Crippen LogP contribution in [0.15, 0.2) is 29.2 Å². The van der Waals surface area contributed by atoms with E-state index in [0.717, 1.165) is 5.56 Å². The van der Waals surface area contributed by atoms with Crippen molar-refractivity contribution in [1.29, 1.82) is 0 Å². The van der Waals surface area contributed by atoms with Crippen LogP contribution in [0.4, 0.5) is 10.6 Å². The number of carbonyl (C=O) groups is 1. The molecule has 146 valence electrons. The van der Waals surface area contributed by atoms with E-state index >= 15 is 0 Å². The number of aryl methyl sites for hydroxylation is 2. The monoisotopic (exact) mass is 421 g/mol. The minimum atomic E-state index is -1.11. The Bertz CT molecular complexity index is 1130. The standard InChI is InChI=1S/C18H17Cl2N5O3/c1-9-7-13(21)23-8-12(9)25-14(3-2-6-22-18(27)28)24-16-11(20)5-4-10(19)15(16)17(25)26/h4-5,7-8,22H,2-3,6H2,1H3,(H2,21,23)(H,27,28). The minimum Gasteiger partial charge on any atom is -0.465 e. The largest absolute Gasteiger partial charge is 0.465 e. The van der Waals surface area contributed by atoms with Crippen LogP contribution in [0.5, 0.6) is 0 Å². The van der Waals surface area contributed by atoms with Gasteiger partial charge in [-0.15, -0.1) is 0 Å². The summed E-state index contributed by atoms with van der Waals surface area (Å²) in [7, 11) is 0. The molecule has 10 heteroatoms. The van der Waals surface area contributed by atoms with Crippen LogP contribution in [0.25, 0.3) is 16.6 Å². The smallest absolute Gasteiger partial charge is 0.404 e. The number of benzene rings is 1. The number of carboxylic acid groups (broad SMARTS) is 1. The highest BCUT2D eigenvalue weighted by Gasteiger charge is 2.18. The first-order valence-electron chi connectivity index (χ1n) is 8.38. The van der Waals surface area contributed by atoms with Crippen LogP contribution < -0.4 is 16.6 Å². The maximum Gasteiger partial charge on any atom is 0.404 e. The van der Waals surface area contributed by atoms with Gasteiger partial charge in [0.15, 0.2) is 0 Å². The molecular weight excluding hydrogens is 405 g/mol. The summed E-state index contributed by atoms with van der Waals surface area (Å²) < 4.78 is 1.42. The second kappa shape index (κ2) is 8.04. The third kappa shape index (κ3) is 3.88. The predicted molar refractivity (Wildman–Crippen MR) is 109 cm³/mol. The molecule has 1 aromatic carbocycles. The molecule has 0 aliphatic heterocycles. The summed E-state index contributed by atoms with van der Waals surface area (Å²) in [5.74, 6) is 0.750. The van der Waals surface area contributed by atoms with Crippen molar-refractivity contribution in [2.24, 2.45) is 0 Å². The van der Waals surface area contributed by atoms with Crippen molar-refractivity contribution in [2.75, 3.05) is 12.3 Å². The Balaban J connectivity index is 2.22. The lowest BCUT2D eigenvalue weighted by atomic mass is 10.2. The van der Waals surface area contributed by atoms with Crippen molar-refractivity contribution in [2.45, 2.75) is 19.8 Å². The second-order valence-corrected chi connectivity index (χ2v) is 6.97. The van der Waals surface area contributed by atoms with Gasteiger partial charge in [0.25, 0.3) is 5.56 Å². The normalized spacial score (nSPS) is 11.0. The van der Waals surface area contributed by atoms with Gasteiger partial charge in [-0.25, -0.2) is 14.8 Å². The van der Waals surface area contributed by atoms with Gasteiger partial charge in [-0.3, -0.25) is 9.36 Å². The molecule has 0 unspecified atom stereocenters. The predicted octanol–water partition coefficient (Wildman–Crippen LogP) is 3.18.